The van der Waals surface area contributed by atoms with E-state index < -0.39 is 0 Å². The van der Waals surface area contributed by atoms with Crippen LogP contribution in [0.1, 0.15) is 43.8 Å². The second-order valence-electron chi connectivity index (χ2n) is 8.10. The zero-order chi connectivity index (χ0) is 23.4. The van der Waals surface area contributed by atoms with E-state index in [2.05, 4.69) is 10.3 Å². The number of amides is 1. The standard InChI is InChI=1S/C27H27N3O3/c1-17-5-3-8-22-23(17)24(25(28)30-22)26(31)29-21-15-11-19(12-16-21)7-4-6-18-9-13-20(14-10-18)27(32)33-2/h3,5,8-16,30H,4,6-7,28H2,1-2H3,(H,29,31). The first-order valence-corrected chi connectivity index (χ1v) is 10.9. The molecule has 0 spiro atoms. The fraction of sp³-hybridized carbons (Fsp3) is 0.185. The van der Waals surface area contributed by atoms with Crippen molar-refractivity contribution >= 4 is 34.3 Å². The van der Waals surface area contributed by atoms with Crippen molar-refractivity contribution in [1.29, 1.82) is 0 Å². The maximum absolute atomic E-state index is 12.9. The van der Waals surface area contributed by atoms with Crippen LogP contribution in [0.2, 0.25) is 0 Å². The van der Waals surface area contributed by atoms with Gasteiger partial charge in [-0.3, -0.25) is 4.79 Å². The van der Waals surface area contributed by atoms with E-state index in [0.29, 0.717) is 16.9 Å². The molecule has 0 aliphatic carbocycles. The molecular formula is C27H27N3O3. The van der Waals surface area contributed by atoms with Crippen LogP contribution in [0.5, 0.6) is 0 Å². The quantitative estimate of drug-likeness (QED) is 0.340. The average Bonchev–Trinajstić information content (AvgIpc) is 3.17. The molecule has 0 radical (unpaired) electrons. The van der Waals surface area contributed by atoms with Crippen molar-refractivity contribution in [2.24, 2.45) is 0 Å². The number of hydrogen-bond acceptors (Lipinski definition) is 4. The van der Waals surface area contributed by atoms with Gasteiger partial charge in [-0.1, -0.05) is 36.4 Å². The highest BCUT2D eigenvalue weighted by Crippen LogP contribution is 2.28. The number of nitrogens with one attached hydrogen (secondary N) is 2. The van der Waals surface area contributed by atoms with Crippen molar-refractivity contribution < 1.29 is 14.3 Å². The van der Waals surface area contributed by atoms with Crippen molar-refractivity contribution in [2.75, 3.05) is 18.2 Å². The molecule has 0 atom stereocenters. The number of fused-ring (bicyclic) bond motifs is 1. The summed E-state index contributed by atoms with van der Waals surface area (Å²) < 4.78 is 4.73. The van der Waals surface area contributed by atoms with E-state index in [9.17, 15) is 9.59 Å². The second kappa shape index (κ2) is 9.61. The molecule has 1 amide bonds. The number of benzene rings is 3. The number of aryl methyl sites for hydroxylation is 3. The Bertz CT molecular complexity index is 1290. The fourth-order valence-electron chi connectivity index (χ4n) is 4.05. The lowest BCUT2D eigenvalue weighted by Crippen LogP contribution is -2.13. The number of nitrogens with two attached hydrogens (primary N) is 1. The number of methoxy groups -OCH3 is 1. The van der Waals surface area contributed by atoms with Gasteiger partial charge in [0.1, 0.15) is 5.82 Å². The minimum absolute atomic E-state index is 0.226. The van der Waals surface area contributed by atoms with E-state index in [1.54, 1.807) is 12.1 Å². The number of aromatic nitrogens is 1. The van der Waals surface area contributed by atoms with Gasteiger partial charge in [-0.05, 0) is 73.2 Å². The number of ether oxygens (including phenoxy) is 1. The van der Waals surface area contributed by atoms with Gasteiger partial charge in [0.15, 0.2) is 0 Å². The molecule has 3 aromatic carbocycles. The molecule has 6 heteroatoms. The van der Waals surface area contributed by atoms with Gasteiger partial charge in [-0.2, -0.15) is 0 Å². The SMILES string of the molecule is COC(=O)c1ccc(CCCc2ccc(NC(=O)c3c(N)[nH]c4cccc(C)c34)cc2)cc1. The van der Waals surface area contributed by atoms with Crippen LogP contribution in [0, 0.1) is 6.92 Å². The number of H-pyrrole nitrogens is 1. The van der Waals surface area contributed by atoms with Crippen LogP contribution in [-0.2, 0) is 17.6 Å². The van der Waals surface area contributed by atoms with Crippen LogP contribution in [0.4, 0.5) is 11.5 Å². The molecule has 0 unspecified atom stereocenters. The van der Waals surface area contributed by atoms with E-state index in [1.807, 2.05) is 61.5 Å². The molecule has 4 N–H and O–H groups in total. The molecule has 0 saturated heterocycles. The number of anilines is 2. The third-order valence-corrected chi connectivity index (χ3v) is 5.81. The Balaban J connectivity index is 1.35. The van der Waals surface area contributed by atoms with Crippen LogP contribution in [-0.4, -0.2) is 24.0 Å². The van der Waals surface area contributed by atoms with Crippen molar-refractivity contribution in [3.05, 3.63) is 94.5 Å². The average molecular weight is 442 g/mol. The summed E-state index contributed by atoms with van der Waals surface area (Å²) in [6.07, 6.45) is 2.81. The summed E-state index contributed by atoms with van der Waals surface area (Å²) >= 11 is 0. The highest BCUT2D eigenvalue weighted by atomic mass is 16.5. The number of aromatic amines is 1. The third kappa shape index (κ3) is 4.90. The lowest BCUT2D eigenvalue weighted by Gasteiger charge is -2.08. The molecule has 0 fully saturated rings. The molecule has 0 aliphatic heterocycles. The van der Waals surface area contributed by atoms with Gasteiger partial charge in [0, 0.05) is 16.6 Å². The third-order valence-electron chi connectivity index (χ3n) is 5.81. The first-order valence-electron chi connectivity index (χ1n) is 10.9. The van der Waals surface area contributed by atoms with Crippen molar-refractivity contribution in [1.82, 2.24) is 4.98 Å². The van der Waals surface area contributed by atoms with Gasteiger partial charge >= 0.3 is 5.97 Å². The van der Waals surface area contributed by atoms with Crippen LogP contribution >= 0.6 is 0 Å². The van der Waals surface area contributed by atoms with E-state index in [0.717, 1.165) is 41.4 Å². The minimum atomic E-state index is -0.323. The monoisotopic (exact) mass is 441 g/mol. The van der Waals surface area contributed by atoms with Crippen LogP contribution in [0.25, 0.3) is 10.9 Å². The van der Waals surface area contributed by atoms with E-state index in [1.165, 1.54) is 18.2 Å². The molecule has 0 saturated carbocycles. The minimum Gasteiger partial charge on any atom is -0.465 e. The predicted octanol–water partition coefficient (Wildman–Crippen LogP) is 5.27. The zero-order valence-electron chi connectivity index (χ0n) is 18.8. The highest BCUT2D eigenvalue weighted by molar-refractivity contribution is 6.17. The fourth-order valence-corrected chi connectivity index (χ4v) is 4.05. The van der Waals surface area contributed by atoms with Crippen LogP contribution < -0.4 is 11.1 Å². The number of esters is 1. The Morgan fingerprint density at radius 2 is 1.58 bits per heavy atom. The molecule has 1 heterocycles. The maximum atomic E-state index is 12.9. The maximum Gasteiger partial charge on any atom is 0.337 e. The Morgan fingerprint density at radius 3 is 2.21 bits per heavy atom. The molecule has 33 heavy (non-hydrogen) atoms. The normalized spacial score (nSPS) is 10.8. The topological polar surface area (TPSA) is 97.2 Å². The molecule has 168 valence electrons. The number of hydrogen-bond donors (Lipinski definition) is 3. The first-order chi connectivity index (χ1) is 16.0. The number of carbonyl (C=O) groups excluding carboxylic acids is 2. The van der Waals surface area contributed by atoms with Crippen molar-refractivity contribution in [3.8, 4) is 0 Å². The number of carbonyl (C=O) groups is 2. The largest absolute Gasteiger partial charge is 0.465 e. The van der Waals surface area contributed by atoms with Crippen molar-refractivity contribution in [3.63, 3.8) is 0 Å². The summed E-state index contributed by atoms with van der Waals surface area (Å²) in [5, 5.41) is 3.81. The lowest BCUT2D eigenvalue weighted by atomic mass is 10.0. The van der Waals surface area contributed by atoms with Crippen molar-refractivity contribution in [2.45, 2.75) is 26.2 Å². The molecule has 4 aromatic rings. The summed E-state index contributed by atoms with van der Waals surface area (Å²) in [7, 11) is 1.38. The second-order valence-corrected chi connectivity index (χ2v) is 8.10. The van der Waals surface area contributed by atoms with E-state index >= 15 is 0 Å². The molecule has 0 aliphatic rings. The Morgan fingerprint density at radius 1 is 0.939 bits per heavy atom. The van der Waals surface area contributed by atoms with Gasteiger partial charge in [-0.15, -0.1) is 0 Å². The summed E-state index contributed by atoms with van der Waals surface area (Å²) in [6.45, 7) is 1.97. The lowest BCUT2D eigenvalue weighted by molar-refractivity contribution is 0.0600. The molecule has 0 bridgehead atoms. The Kier molecular flexibility index (Phi) is 6.45. The summed E-state index contributed by atoms with van der Waals surface area (Å²) in [5.41, 5.74) is 12.1. The van der Waals surface area contributed by atoms with Gasteiger partial charge in [-0.25, -0.2) is 4.79 Å². The van der Waals surface area contributed by atoms with Crippen LogP contribution in [0.15, 0.2) is 66.7 Å². The van der Waals surface area contributed by atoms with Gasteiger partial charge in [0.05, 0.1) is 18.2 Å². The molecule has 4 rings (SSSR count). The summed E-state index contributed by atoms with van der Waals surface area (Å²) in [6, 6.07) is 21.2. The number of nitrogen functional groups attached to an aromatic ring is 1. The van der Waals surface area contributed by atoms with Gasteiger partial charge in [0.25, 0.3) is 5.91 Å². The van der Waals surface area contributed by atoms with E-state index in [4.69, 9.17) is 10.5 Å². The smallest absolute Gasteiger partial charge is 0.337 e. The molecule has 1 aromatic heterocycles. The zero-order valence-corrected chi connectivity index (χ0v) is 18.8. The van der Waals surface area contributed by atoms with Crippen LogP contribution in [0.3, 0.4) is 0 Å². The molecule has 6 nitrogen and oxygen atoms in total. The Labute approximate surface area is 192 Å². The van der Waals surface area contributed by atoms with Gasteiger partial charge in [0.2, 0.25) is 0 Å². The Hall–Kier alpha value is -4.06. The summed E-state index contributed by atoms with van der Waals surface area (Å²) in [5.74, 6) is -0.180. The van der Waals surface area contributed by atoms with Gasteiger partial charge < -0.3 is 20.8 Å². The number of rotatable bonds is 7. The highest BCUT2D eigenvalue weighted by Gasteiger charge is 2.18. The summed E-state index contributed by atoms with van der Waals surface area (Å²) in [4.78, 5) is 27.5. The predicted molar refractivity (Wildman–Crippen MR) is 132 cm³/mol. The molecular weight excluding hydrogens is 414 g/mol. The van der Waals surface area contributed by atoms with E-state index in [-0.39, 0.29) is 11.9 Å². The first kappa shape index (κ1) is 22.1.